The van der Waals surface area contributed by atoms with Crippen LogP contribution in [-0.4, -0.2) is 17.4 Å². The number of carbonyl (C=O) groups excluding carboxylic acids is 1. The lowest BCUT2D eigenvalue weighted by atomic mass is 9.93. The maximum absolute atomic E-state index is 13.3. The minimum atomic E-state index is -0.209. The van der Waals surface area contributed by atoms with Gasteiger partial charge in [0.1, 0.15) is 5.82 Å². The van der Waals surface area contributed by atoms with Crippen LogP contribution in [0.5, 0.6) is 0 Å². The Morgan fingerprint density at radius 1 is 1.19 bits per heavy atom. The van der Waals surface area contributed by atoms with E-state index in [4.69, 9.17) is 11.6 Å². The van der Waals surface area contributed by atoms with Crippen molar-refractivity contribution in [3.63, 3.8) is 0 Å². The molecule has 0 aromatic heterocycles. The topological polar surface area (TPSA) is 20.3 Å². The van der Waals surface area contributed by atoms with Crippen LogP contribution in [-0.2, 0) is 24.2 Å². The van der Waals surface area contributed by atoms with Crippen LogP contribution in [0.2, 0.25) is 5.02 Å². The van der Waals surface area contributed by atoms with Gasteiger partial charge in [0.25, 0.3) is 0 Å². The Morgan fingerprint density at radius 2 is 1.93 bits per heavy atom. The smallest absolute Gasteiger partial charge is 0.226 e. The predicted molar refractivity (Wildman–Crippen MR) is 111 cm³/mol. The van der Waals surface area contributed by atoms with Gasteiger partial charge in [-0.25, -0.2) is 4.39 Å². The van der Waals surface area contributed by atoms with Crippen LogP contribution in [0.3, 0.4) is 0 Å². The van der Waals surface area contributed by atoms with Crippen LogP contribution < -0.4 is 0 Å². The van der Waals surface area contributed by atoms with Crippen molar-refractivity contribution >= 4 is 17.5 Å². The third-order valence-corrected chi connectivity index (χ3v) is 5.36. The maximum Gasteiger partial charge on any atom is 0.226 e. The van der Waals surface area contributed by atoms with E-state index >= 15 is 0 Å². The van der Waals surface area contributed by atoms with Crippen LogP contribution in [0.25, 0.3) is 0 Å². The average Bonchev–Trinajstić information content (AvgIpc) is 2.68. The molecule has 0 fully saturated rings. The second kappa shape index (κ2) is 9.89. The Hall–Kier alpha value is -1.87. The highest BCUT2D eigenvalue weighted by Gasteiger charge is 2.27. The first kappa shape index (κ1) is 21.4. The van der Waals surface area contributed by atoms with E-state index in [0.29, 0.717) is 25.9 Å². The molecule has 1 atom stereocenters. The van der Waals surface area contributed by atoms with E-state index in [-0.39, 0.29) is 17.6 Å². The minimum absolute atomic E-state index is 0.0813. The highest BCUT2D eigenvalue weighted by Crippen LogP contribution is 2.26. The number of halogens is 2. The molecule has 2 aromatic rings. The normalized spacial score (nSPS) is 14.1. The first-order valence-electron chi connectivity index (χ1n) is 9.79. The van der Waals surface area contributed by atoms with Gasteiger partial charge in [0.05, 0.1) is 0 Å². The molecule has 0 aliphatic carbocycles. The largest absolute Gasteiger partial charge is 0.338 e. The summed E-state index contributed by atoms with van der Waals surface area (Å²) in [6.07, 6.45) is 2.14. The molecule has 2 nitrogen and oxygen atoms in total. The molecule has 3 rings (SSSR count). The van der Waals surface area contributed by atoms with E-state index in [1.807, 2.05) is 50.8 Å². The third kappa shape index (κ3) is 5.32. The zero-order valence-electron chi connectivity index (χ0n) is 16.7. The Morgan fingerprint density at radius 3 is 2.59 bits per heavy atom. The van der Waals surface area contributed by atoms with Crippen molar-refractivity contribution in [2.45, 2.75) is 53.5 Å². The Bertz CT molecular complexity index is 790. The fourth-order valence-corrected chi connectivity index (χ4v) is 3.77. The number of rotatable bonds is 4. The van der Waals surface area contributed by atoms with Crippen LogP contribution in [0.4, 0.5) is 4.39 Å². The summed E-state index contributed by atoms with van der Waals surface area (Å²) in [6, 6.07) is 10.8. The van der Waals surface area contributed by atoms with Gasteiger partial charge in [0.2, 0.25) is 5.91 Å². The summed E-state index contributed by atoms with van der Waals surface area (Å²) in [7, 11) is 0. The number of fused-ring (bicyclic) bond motifs is 1. The van der Waals surface area contributed by atoms with Gasteiger partial charge < -0.3 is 4.90 Å². The Labute approximate surface area is 167 Å². The van der Waals surface area contributed by atoms with Gasteiger partial charge in [0.15, 0.2) is 0 Å². The van der Waals surface area contributed by atoms with Gasteiger partial charge in [-0.05, 0) is 66.6 Å². The molecule has 0 saturated carbocycles. The van der Waals surface area contributed by atoms with E-state index in [1.165, 1.54) is 6.07 Å². The fourth-order valence-electron chi connectivity index (χ4n) is 3.46. The molecule has 1 aliphatic rings. The van der Waals surface area contributed by atoms with Gasteiger partial charge >= 0.3 is 0 Å². The van der Waals surface area contributed by atoms with Gasteiger partial charge in [0, 0.05) is 24.0 Å². The molecule has 0 radical (unpaired) electrons. The summed E-state index contributed by atoms with van der Waals surface area (Å²) in [5.74, 6) is -0.129. The first-order chi connectivity index (χ1) is 13.0. The second-order valence-electron chi connectivity index (χ2n) is 6.83. The SMILES string of the molecule is CC.CCC(Cc1ccc(C)cc1Cl)C(=O)N1CCc2cc(F)ccc2C1. The average molecular weight is 390 g/mol. The second-order valence-corrected chi connectivity index (χ2v) is 7.23. The number of hydrogen-bond acceptors (Lipinski definition) is 1. The minimum Gasteiger partial charge on any atom is -0.338 e. The quantitative estimate of drug-likeness (QED) is 0.631. The van der Waals surface area contributed by atoms with E-state index in [1.54, 1.807) is 12.1 Å². The summed E-state index contributed by atoms with van der Waals surface area (Å²) in [4.78, 5) is 14.9. The Balaban J connectivity index is 0.00000126. The molecule has 1 amide bonds. The summed E-state index contributed by atoms with van der Waals surface area (Å²) in [6.45, 7) is 9.25. The van der Waals surface area contributed by atoms with Crippen molar-refractivity contribution < 1.29 is 9.18 Å². The van der Waals surface area contributed by atoms with Gasteiger partial charge in [-0.3, -0.25) is 4.79 Å². The monoisotopic (exact) mass is 389 g/mol. The lowest BCUT2D eigenvalue weighted by Crippen LogP contribution is -2.40. The van der Waals surface area contributed by atoms with E-state index in [9.17, 15) is 9.18 Å². The Kier molecular flexibility index (Phi) is 7.85. The molecule has 27 heavy (non-hydrogen) atoms. The lowest BCUT2D eigenvalue weighted by molar-refractivity contribution is -0.136. The van der Waals surface area contributed by atoms with E-state index in [0.717, 1.165) is 33.7 Å². The summed E-state index contributed by atoms with van der Waals surface area (Å²) >= 11 is 6.34. The molecule has 1 aliphatic heterocycles. The van der Waals surface area contributed by atoms with Crippen molar-refractivity contribution in [2.75, 3.05) is 6.54 Å². The van der Waals surface area contributed by atoms with Crippen molar-refractivity contribution in [2.24, 2.45) is 5.92 Å². The van der Waals surface area contributed by atoms with Crippen molar-refractivity contribution in [3.8, 4) is 0 Å². The number of benzene rings is 2. The van der Waals surface area contributed by atoms with Crippen LogP contribution in [0.1, 0.15) is 49.4 Å². The number of carbonyl (C=O) groups is 1. The molecular weight excluding hydrogens is 361 g/mol. The molecule has 2 aromatic carbocycles. The molecule has 4 heteroatoms. The molecular formula is C23H29ClFNO. The first-order valence-corrected chi connectivity index (χ1v) is 10.2. The molecule has 0 bridgehead atoms. The zero-order chi connectivity index (χ0) is 20.0. The van der Waals surface area contributed by atoms with Crippen LogP contribution >= 0.6 is 11.6 Å². The molecule has 1 heterocycles. The number of hydrogen-bond donors (Lipinski definition) is 0. The highest BCUT2D eigenvalue weighted by atomic mass is 35.5. The van der Waals surface area contributed by atoms with Crippen LogP contribution in [0.15, 0.2) is 36.4 Å². The summed E-state index contributed by atoms with van der Waals surface area (Å²) in [5.41, 5.74) is 4.20. The van der Waals surface area contributed by atoms with Crippen molar-refractivity contribution in [1.82, 2.24) is 4.90 Å². The number of aryl methyl sites for hydroxylation is 1. The summed E-state index contributed by atoms with van der Waals surface area (Å²) in [5, 5.41) is 0.728. The number of amides is 1. The molecule has 146 valence electrons. The number of nitrogens with zero attached hydrogens (tertiary/aromatic N) is 1. The highest BCUT2D eigenvalue weighted by molar-refractivity contribution is 6.31. The van der Waals surface area contributed by atoms with Crippen molar-refractivity contribution in [3.05, 3.63) is 69.5 Å². The van der Waals surface area contributed by atoms with Crippen molar-refractivity contribution in [1.29, 1.82) is 0 Å². The standard InChI is InChI=1S/C21H23ClFNO.C2H6/c1-3-15(11-17-5-4-14(2)10-20(17)22)21(25)24-9-8-16-12-19(23)7-6-18(16)13-24;1-2/h4-7,10,12,15H,3,8-9,11,13H2,1-2H3;1-2H3. The predicted octanol–water partition coefficient (Wildman–Crippen LogP) is 5.97. The third-order valence-electron chi connectivity index (χ3n) is 5.01. The van der Waals surface area contributed by atoms with E-state index in [2.05, 4.69) is 0 Å². The van der Waals surface area contributed by atoms with Gasteiger partial charge in [-0.15, -0.1) is 0 Å². The molecule has 0 spiro atoms. The van der Waals surface area contributed by atoms with Gasteiger partial charge in [-0.1, -0.05) is 50.6 Å². The van der Waals surface area contributed by atoms with E-state index < -0.39 is 0 Å². The van der Waals surface area contributed by atoms with Gasteiger partial charge in [-0.2, -0.15) is 0 Å². The summed E-state index contributed by atoms with van der Waals surface area (Å²) < 4.78 is 13.3. The van der Waals surface area contributed by atoms with Crippen LogP contribution in [0, 0.1) is 18.7 Å². The fraction of sp³-hybridized carbons (Fsp3) is 0.435. The lowest BCUT2D eigenvalue weighted by Gasteiger charge is -2.32. The molecule has 0 saturated heterocycles. The zero-order valence-corrected chi connectivity index (χ0v) is 17.4. The molecule has 0 N–H and O–H groups in total. The molecule has 1 unspecified atom stereocenters. The maximum atomic E-state index is 13.3.